The third kappa shape index (κ3) is 3.43. The van der Waals surface area contributed by atoms with Gasteiger partial charge in [-0.3, -0.25) is 5.41 Å². The standard InChI is InChI=1S/C22H15F6N3/c1-9-3-11-7-16-18(20(30)31-19(16)29)17(15(11)4-10(9)2)12-5-13(21(23,24)25)8-14(6-12)22(26,27)28/h3-8H,1-2H3,(H3,29,30,31). The van der Waals surface area contributed by atoms with Crippen LogP contribution in [0.2, 0.25) is 0 Å². The van der Waals surface area contributed by atoms with E-state index in [9.17, 15) is 26.3 Å². The van der Waals surface area contributed by atoms with Crippen molar-refractivity contribution in [2.75, 3.05) is 0 Å². The highest BCUT2D eigenvalue weighted by Gasteiger charge is 2.38. The number of hydrogen-bond acceptors (Lipinski definition) is 2. The van der Waals surface area contributed by atoms with Gasteiger partial charge in [-0.15, -0.1) is 0 Å². The second-order valence-corrected chi connectivity index (χ2v) is 7.47. The van der Waals surface area contributed by atoms with Gasteiger partial charge in [-0.2, -0.15) is 26.3 Å². The van der Waals surface area contributed by atoms with Crippen LogP contribution >= 0.6 is 0 Å². The lowest BCUT2D eigenvalue weighted by Gasteiger charge is -2.18. The highest BCUT2D eigenvalue weighted by Crippen LogP contribution is 2.43. The summed E-state index contributed by atoms with van der Waals surface area (Å²) in [6.07, 6.45) is -9.97. The van der Waals surface area contributed by atoms with Crippen molar-refractivity contribution in [2.45, 2.75) is 26.2 Å². The number of amidine groups is 2. The van der Waals surface area contributed by atoms with Gasteiger partial charge in [0.1, 0.15) is 5.84 Å². The SMILES string of the molecule is Cc1cc2cc3c(c(-c4cc(C(F)(F)F)cc(C(F)(F)F)c4)c2cc1C)C(N)=NC3=N. The Hall–Kier alpha value is -3.36. The quantitative estimate of drug-likeness (QED) is 0.439. The first-order chi connectivity index (χ1) is 14.3. The van der Waals surface area contributed by atoms with Gasteiger partial charge >= 0.3 is 12.4 Å². The largest absolute Gasteiger partial charge is 0.416 e. The topological polar surface area (TPSA) is 62.2 Å². The number of aryl methyl sites for hydroxylation is 2. The molecular weight excluding hydrogens is 420 g/mol. The van der Waals surface area contributed by atoms with Crippen LogP contribution in [0.3, 0.4) is 0 Å². The molecule has 0 fully saturated rings. The van der Waals surface area contributed by atoms with E-state index in [0.29, 0.717) is 22.9 Å². The fraction of sp³-hybridized carbons (Fsp3) is 0.182. The zero-order valence-electron chi connectivity index (χ0n) is 16.3. The van der Waals surface area contributed by atoms with Gasteiger partial charge in [0, 0.05) is 16.7 Å². The Morgan fingerprint density at radius 1 is 0.774 bits per heavy atom. The van der Waals surface area contributed by atoms with Gasteiger partial charge in [-0.05, 0) is 65.6 Å². The first-order valence-electron chi connectivity index (χ1n) is 9.08. The first-order valence-corrected chi connectivity index (χ1v) is 9.08. The molecule has 31 heavy (non-hydrogen) atoms. The van der Waals surface area contributed by atoms with Gasteiger partial charge in [0.15, 0.2) is 5.84 Å². The van der Waals surface area contributed by atoms with Crippen LogP contribution in [0.15, 0.2) is 41.4 Å². The van der Waals surface area contributed by atoms with E-state index < -0.39 is 23.5 Å². The molecular formula is C22H15F6N3. The third-order valence-corrected chi connectivity index (χ3v) is 5.37. The van der Waals surface area contributed by atoms with E-state index in [-0.39, 0.29) is 40.0 Å². The fourth-order valence-corrected chi connectivity index (χ4v) is 3.76. The molecule has 0 bridgehead atoms. The molecule has 160 valence electrons. The molecule has 0 radical (unpaired) electrons. The molecule has 0 spiro atoms. The predicted octanol–water partition coefficient (Wildman–Crippen LogP) is 6.21. The molecule has 1 heterocycles. The number of fused-ring (bicyclic) bond motifs is 2. The summed E-state index contributed by atoms with van der Waals surface area (Å²) in [5, 5.41) is 9.05. The number of hydrogen-bond donors (Lipinski definition) is 2. The van der Waals surface area contributed by atoms with Crippen molar-refractivity contribution < 1.29 is 26.3 Å². The summed E-state index contributed by atoms with van der Waals surface area (Å²) in [6, 6.07) is 6.54. The number of rotatable bonds is 1. The smallest absolute Gasteiger partial charge is 0.383 e. The third-order valence-electron chi connectivity index (χ3n) is 5.37. The van der Waals surface area contributed by atoms with E-state index in [4.69, 9.17) is 11.1 Å². The Morgan fingerprint density at radius 3 is 1.87 bits per heavy atom. The minimum Gasteiger partial charge on any atom is -0.383 e. The molecule has 0 aliphatic carbocycles. The van der Waals surface area contributed by atoms with Crippen molar-refractivity contribution in [2.24, 2.45) is 10.7 Å². The highest BCUT2D eigenvalue weighted by molar-refractivity contribution is 6.27. The first kappa shape index (κ1) is 20.9. The summed E-state index contributed by atoms with van der Waals surface area (Å²) in [5.41, 5.74) is 5.02. The van der Waals surface area contributed by atoms with Gasteiger partial charge in [0.05, 0.1) is 11.1 Å². The van der Waals surface area contributed by atoms with Gasteiger partial charge in [-0.1, -0.05) is 12.1 Å². The van der Waals surface area contributed by atoms with Gasteiger partial charge in [0.25, 0.3) is 0 Å². The Morgan fingerprint density at radius 2 is 1.32 bits per heavy atom. The normalized spacial score (nSPS) is 14.2. The number of benzene rings is 3. The van der Waals surface area contributed by atoms with Crippen LogP contribution in [0, 0.1) is 19.3 Å². The van der Waals surface area contributed by atoms with Gasteiger partial charge < -0.3 is 5.73 Å². The Bertz CT molecular complexity index is 1270. The van der Waals surface area contributed by atoms with Crippen LogP contribution in [0.5, 0.6) is 0 Å². The summed E-state index contributed by atoms with van der Waals surface area (Å²) in [6.45, 7) is 3.63. The predicted molar refractivity (Wildman–Crippen MR) is 106 cm³/mol. The van der Waals surface area contributed by atoms with Crippen molar-refractivity contribution in [3.05, 3.63) is 69.8 Å². The lowest BCUT2D eigenvalue weighted by molar-refractivity contribution is -0.143. The van der Waals surface area contributed by atoms with Crippen LogP contribution in [-0.2, 0) is 12.4 Å². The zero-order chi connectivity index (χ0) is 22.9. The Balaban J connectivity index is 2.18. The van der Waals surface area contributed by atoms with E-state index in [1.807, 2.05) is 6.92 Å². The number of aliphatic imine (C=N–C) groups is 1. The summed E-state index contributed by atoms with van der Waals surface area (Å²) >= 11 is 0. The molecule has 1 aliphatic heterocycles. The van der Waals surface area contributed by atoms with Crippen molar-refractivity contribution in [1.29, 1.82) is 5.41 Å². The molecule has 0 amide bonds. The number of nitrogens with zero attached hydrogens (tertiary/aromatic N) is 1. The van der Waals surface area contributed by atoms with Crippen LogP contribution in [0.4, 0.5) is 26.3 Å². The van der Waals surface area contributed by atoms with Gasteiger partial charge in [0.2, 0.25) is 0 Å². The minimum atomic E-state index is -4.98. The lowest BCUT2D eigenvalue weighted by Crippen LogP contribution is -2.14. The number of nitrogens with two attached hydrogens (primary N) is 1. The number of halogens is 6. The highest BCUT2D eigenvalue weighted by atomic mass is 19.4. The molecule has 0 saturated heterocycles. The minimum absolute atomic E-state index is 0.0870. The second-order valence-electron chi connectivity index (χ2n) is 7.47. The molecule has 0 unspecified atom stereocenters. The molecule has 0 saturated carbocycles. The maximum absolute atomic E-state index is 13.4. The Kier molecular flexibility index (Phi) is 4.43. The van der Waals surface area contributed by atoms with Crippen LogP contribution in [0.1, 0.15) is 33.4 Å². The maximum atomic E-state index is 13.4. The number of alkyl halides is 6. The van der Waals surface area contributed by atoms with E-state index in [1.165, 1.54) is 0 Å². The van der Waals surface area contributed by atoms with E-state index in [2.05, 4.69) is 4.99 Å². The van der Waals surface area contributed by atoms with Crippen LogP contribution < -0.4 is 5.73 Å². The molecule has 0 atom stereocenters. The molecule has 9 heteroatoms. The number of nitrogens with one attached hydrogen (secondary N) is 1. The van der Waals surface area contributed by atoms with E-state index in [1.54, 1.807) is 25.1 Å². The van der Waals surface area contributed by atoms with E-state index >= 15 is 0 Å². The molecule has 4 rings (SSSR count). The summed E-state index contributed by atoms with van der Waals surface area (Å²) in [7, 11) is 0. The average Bonchev–Trinajstić information content (AvgIpc) is 2.93. The molecule has 1 aliphatic rings. The van der Waals surface area contributed by atoms with Crippen molar-refractivity contribution in [3.63, 3.8) is 0 Å². The van der Waals surface area contributed by atoms with Crippen molar-refractivity contribution in [1.82, 2.24) is 0 Å². The summed E-state index contributed by atoms with van der Waals surface area (Å²) in [4.78, 5) is 3.89. The average molecular weight is 435 g/mol. The summed E-state index contributed by atoms with van der Waals surface area (Å²) in [5.74, 6) is -0.321. The molecule has 0 aromatic heterocycles. The van der Waals surface area contributed by atoms with Crippen molar-refractivity contribution >= 4 is 22.4 Å². The van der Waals surface area contributed by atoms with Gasteiger partial charge in [-0.25, -0.2) is 4.99 Å². The second kappa shape index (κ2) is 6.57. The van der Waals surface area contributed by atoms with Crippen LogP contribution in [0.25, 0.3) is 21.9 Å². The molecule has 3 aromatic carbocycles. The van der Waals surface area contributed by atoms with E-state index in [0.717, 1.165) is 11.1 Å². The zero-order valence-corrected chi connectivity index (χ0v) is 16.3. The maximum Gasteiger partial charge on any atom is 0.416 e. The molecule has 3 aromatic rings. The fourth-order valence-electron chi connectivity index (χ4n) is 3.76. The van der Waals surface area contributed by atoms with Crippen molar-refractivity contribution in [3.8, 4) is 11.1 Å². The molecule has 3 N–H and O–H groups in total. The summed E-state index contributed by atoms with van der Waals surface area (Å²) < 4.78 is 80.7. The lowest BCUT2D eigenvalue weighted by atomic mass is 9.87. The monoisotopic (exact) mass is 435 g/mol. The molecule has 3 nitrogen and oxygen atoms in total. The van der Waals surface area contributed by atoms with Crippen LogP contribution in [-0.4, -0.2) is 11.7 Å². The Labute approximate surface area is 172 Å².